The first-order valence-electron chi connectivity index (χ1n) is 10.5. The van der Waals surface area contributed by atoms with Crippen molar-refractivity contribution in [2.45, 2.75) is 12.8 Å². The molecule has 29 heavy (non-hydrogen) atoms. The van der Waals surface area contributed by atoms with Gasteiger partial charge in [-0.3, -0.25) is 14.7 Å². The van der Waals surface area contributed by atoms with E-state index in [4.69, 9.17) is 0 Å². The number of nitrogens with zero attached hydrogens (tertiary/aromatic N) is 4. The molecule has 0 aliphatic carbocycles. The lowest BCUT2D eigenvalue weighted by Crippen LogP contribution is -2.47. The van der Waals surface area contributed by atoms with Crippen molar-refractivity contribution in [3.05, 3.63) is 72.1 Å². The van der Waals surface area contributed by atoms with Gasteiger partial charge in [0.2, 0.25) is 5.91 Å². The van der Waals surface area contributed by atoms with Crippen LogP contribution in [0.25, 0.3) is 6.08 Å². The van der Waals surface area contributed by atoms with Gasteiger partial charge in [0.05, 0.1) is 0 Å². The standard InChI is InChI=1S/C24H32N4O/c1-26(16-11-23-9-13-25-14-10-23)24(29)12-17-28-20-18-27(19-21-28)15-5-8-22-6-3-2-4-7-22/h2-10,13-14H,11-12,15-21H2,1H3/b8-5+. The number of benzene rings is 1. The van der Waals surface area contributed by atoms with Gasteiger partial charge in [0.1, 0.15) is 0 Å². The van der Waals surface area contributed by atoms with Crippen molar-refractivity contribution in [2.24, 2.45) is 0 Å². The van der Waals surface area contributed by atoms with E-state index >= 15 is 0 Å². The monoisotopic (exact) mass is 392 g/mol. The normalized spacial score (nSPS) is 15.6. The van der Waals surface area contributed by atoms with Crippen molar-refractivity contribution in [3.8, 4) is 0 Å². The zero-order valence-corrected chi connectivity index (χ0v) is 17.4. The summed E-state index contributed by atoms with van der Waals surface area (Å²) in [7, 11) is 1.90. The lowest BCUT2D eigenvalue weighted by Gasteiger charge is -2.34. The van der Waals surface area contributed by atoms with Gasteiger partial charge in [0, 0.05) is 71.7 Å². The molecule has 0 saturated carbocycles. The molecule has 0 bridgehead atoms. The predicted octanol–water partition coefficient (Wildman–Crippen LogP) is 2.80. The van der Waals surface area contributed by atoms with Crippen LogP contribution in [0.5, 0.6) is 0 Å². The molecule has 0 spiro atoms. The predicted molar refractivity (Wildman–Crippen MR) is 119 cm³/mol. The second-order valence-electron chi connectivity index (χ2n) is 7.63. The number of likely N-dealkylation sites (N-methyl/N-ethyl adjacent to an activating group) is 1. The summed E-state index contributed by atoms with van der Waals surface area (Å²) in [6.45, 7) is 6.78. The van der Waals surface area contributed by atoms with Crippen LogP contribution in [0.4, 0.5) is 0 Å². The molecule has 0 atom stereocenters. The molecule has 1 aliphatic rings. The molecule has 0 radical (unpaired) electrons. The number of hydrogen-bond acceptors (Lipinski definition) is 4. The number of piperazine rings is 1. The summed E-state index contributed by atoms with van der Waals surface area (Å²) < 4.78 is 0. The third kappa shape index (κ3) is 7.44. The number of carbonyl (C=O) groups is 1. The molecule has 2 heterocycles. The van der Waals surface area contributed by atoms with E-state index in [1.54, 1.807) is 12.4 Å². The first-order valence-corrected chi connectivity index (χ1v) is 10.5. The van der Waals surface area contributed by atoms with E-state index in [-0.39, 0.29) is 5.91 Å². The SMILES string of the molecule is CN(CCc1ccncc1)C(=O)CCN1CCN(C/C=C/c2ccccc2)CC1. The van der Waals surface area contributed by atoms with Crippen LogP contribution in [0, 0.1) is 0 Å². The molecule has 5 nitrogen and oxygen atoms in total. The van der Waals surface area contributed by atoms with Gasteiger partial charge < -0.3 is 9.80 Å². The van der Waals surface area contributed by atoms with E-state index in [1.807, 2.05) is 30.1 Å². The van der Waals surface area contributed by atoms with Crippen LogP contribution in [-0.4, -0.2) is 78.5 Å². The van der Waals surface area contributed by atoms with E-state index in [9.17, 15) is 4.79 Å². The van der Waals surface area contributed by atoms with Crippen LogP contribution >= 0.6 is 0 Å². The number of pyridine rings is 1. The Morgan fingerprint density at radius 3 is 2.45 bits per heavy atom. The Hall–Kier alpha value is -2.50. The molecule has 3 rings (SSSR count). The summed E-state index contributed by atoms with van der Waals surface area (Å²) in [6.07, 6.45) is 9.50. The fourth-order valence-corrected chi connectivity index (χ4v) is 3.51. The van der Waals surface area contributed by atoms with Gasteiger partial charge in [0.15, 0.2) is 0 Å². The summed E-state index contributed by atoms with van der Waals surface area (Å²) >= 11 is 0. The highest BCUT2D eigenvalue weighted by Gasteiger charge is 2.17. The van der Waals surface area contributed by atoms with E-state index in [2.05, 4.69) is 51.2 Å². The number of hydrogen-bond donors (Lipinski definition) is 0. The first-order chi connectivity index (χ1) is 14.2. The summed E-state index contributed by atoms with van der Waals surface area (Å²) in [4.78, 5) is 23.2. The van der Waals surface area contributed by atoms with E-state index in [1.165, 1.54) is 11.1 Å². The highest BCUT2D eigenvalue weighted by molar-refractivity contribution is 5.76. The molecule has 2 aromatic rings. The van der Waals surface area contributed by atoms with Crippen LogP contribution in [0.3, 0.4) is 0 Å². The maximum Gasteiger partial charge on any atom is 0.223 e. The molecule has 1 aromatic heterocycles. The molecule has 1 saturated heterocycles. The van der Waals surface area contributed by atoms with Gasteiger partial charge in [-0.1, -0.05) is 42.5 Å². The Labute approximate surface area is 174 Å². The van der Waals surface area contributed by atoms with Crippen LogP contribution in [-0.2, 0) is 11.2 Å². The van der Waals surface area contributed by atoms with Gasteiger partial charge >= 0.3 is 0 Å². The molecule has 154 valence electrons. The molecule has 1 aromatic carbocycles. The maximum atomic E-state index is 12.4. The Morgan fingerprint density at radius 1 is 1.03 bits per heavy atom. The third-order valence-corrected chi connectivity index (χ3v) is 5.49. The van der Waals surface area contributed by atoms with E-state index < -0.39 is 0 Å². The van der Waals surface area contributed by atoms with Crippen molar-refractivity contribution < 1.29 is 4.79 Å². The molecular formula is C24H32N4O. The minimum absolute atomic E-state index is 0.229. The van der Waals surface area contributed by atoms with Gasteiger partial charge in [0.25, 0.3) is 0 Å². The Balaban J connectivity index is 1.30. The smallest absolute Gasteiger partial charge is 0.223 e. The topological polar surface area (TPSA) is 39.7 Å². The zero-order chi connectivity index (χ0) is 20.3. The highest BCUT2D eigenvalue weighted by Crippen LogP contribution is 2.06. The van der Waals surface area contributed by atoms with Crippen molar-refractivity contribution >= 4 is 12.0 Å². The van der Waals surface area contributed by atoms with Gasteiger partial charge in [-0.2, -0.15) is 0 Å². The van der Waals surface area contributed by atoms with Gasteiger partial charge in [-0.25, -0.2) is 0 Å². The van der Waals surface area contributed by atoms with E-state index in [0.717, 1.165) is 52.2 Å². The minimum atomic E-state index is 0.229. The fraction of sp³-hybridized carbons (Fsp3) is 0.417. The van der Waals surface area contributed by atoms with Crippen LogP contribution in [0.15, 0.2) is 60.9 Å². The summed E-state index contributed by atoms with van der Waals surface area (Å²) in [6, 6.07) is 14.4. The van der Waals surface area contributed by atoms with Crippen molar-refractivity contribution in [3.63, 3.8) is 0 Å². The molecule has 1 aliphatic heterocycles. The van der Waals surface area contributed by atoms with Crippen molar-refractivity contribution in [2.75, 3.05) is 52.9 Å². The van der Waals surface area contributed by atoms with Gasteiger partial charge in [-0.05, 0) is 29.7 Å². The molecular weight excluding hydrogens is 360 g/mol. The quantitative estimate of drug-likeness (QED) is 0.658. The van der Waals surface area contributed by atoms with Crippen molar-refractivity contribution in [1.29, 1.82) is 0 Å². The third-order valence-electron chi connectivity index (χ3n) is 5.49. The Morgan fingerprint density at radius 2 is 1.72 bits per heavy atom. The highest BCUT2D eigenvalue weighted by atomic mass is 16.2. The number of amides is 1. The molecule has 0 unspecified atom stereocenters. The fourth-order valence-electron chi connectivity index (χ4n) is 3.51. The van der Waals surface area contributed by atoms with Crippen LogP contribution in [0.1, 0.15) is 17.5 Å². The maximum absolute atomic E-state index is 12.4. The Bertz CT molecular complexity index is 755. The van der Waals surface area contributed by atoms with Crippen LogP contribution in [0.2, 0.25) is 0 Å². The summed E-state index contributed by atoms with van der Waals surface area (Å²) in [5.41, 5.74) is 2.47. The number of aromatic nitrogens is 1. The second-order valence-corrected chi connectivity index (χ2v) is 7.63. The zero-order valence-electron chi connectivity index (χ0n) is 17.4. The summed E-state index contributed by atoms with van der Waals surface area (Å²) in [5.74, 6) is 0.229. The Kier molecular flexibility index (Phi) is 8.40. The molecule has 5 heteroatoms. The molecule has 1 fully saturated rings. The average molecular weight is 393 g/mol. The molecule has 0 N–H and O–H groups in total. The lowest BCUT2D eigenvalue weighted by atomic mass is 10.2. The number of carbonyl (C=O) groups excluding carboxylic acids is 1. The minimum Gasteiger partial charge on any atom is -0.345 e. The van der Waals surface area contributed by atoms with Crippen molar-refractivity contribution in [1.82, 2.24) is 19.7 Å². The van der Waals surface area contributed by atoms with E-state index in [0.29, 0.717) is 6.42 Å². The average Bonchev–Trinajstić information content (AvgIpc) is 2.78. The lowest BCUT2D eigenvalue weighted by molar-refractivity contribution is -0.130. The van der Waals surface area contributed by atoms with Gasteiger partial charge in [-0.15, -0.1) is 0 Å². The second kappa shape index (κ2) is 11.5. The first kappa shape index (κ1) is 21.2. The van der Waals surface area contributed by atoms with Crippen LogP contribution < -0.4 is 0 Å². The summed E-state index contributed by atoms with van der Waals surface area (Å²) in [5, 5.41) is 0. The largest absolute Gasteiger partial charge is 0.345 e. The number of rotatable bonds is 9. The molecule has 1 amide bonds.